The predicted molar refractivity (Wildman–Crippen MR) is 141 cm³/mol. The average molecular weight is 601 g/mol. The molecule has 14 heteroatoms. The van der Waals surface area contributed by atoms with E-state index in [0.29, 0.717) is 19.5 Å². The molecular weight excluding hydrogens is 564 g/mol. The van der Waals surface area contributed by atoms with Gasteiger partial charge in [-0.2, -0.15) is 8.78 Å². The van der Waals surface area contributed by atoms with Gasteiger partial charge in [0.25, 0.3) is 0 Å². The van der Waals surface area contributed by atoms with Gasteiger partial charge in [-0.15, -0.1) is 0 Å². The largest absolute Gasteiger partial charge is 0.479 e. The van der Waals surface area contributed by atoms with Crippen LogP contribution in [-0.2, 0) is 24.0 Å². The van der Waals surface area contributed by atoms with E-state index in [2.05, 4.69) is 21.3 Å². The molecule has 0 spiro atoms. The minimum absolute atomic E-state index is 0.0146. The first-order chi connectivity index (χ1) is 19.9. The molecule has 2 fully saturated rings. The molecule has 42 heavy (non-hydrogen) atoms. The van der Waals surface area contributed by atoms with Crippen LogP contribution in [0.25, 0.3) is 0 Å². The lowest BCUT2D eigenvalue weighted by Gasteiger charge is -2.25. The molecule has 3 rings (SSSR count). The fraction of sp³-hybridized carbons (Fsp3) is 0.607. The summed E-state index contributed by atoms with van der Waals surface area (Å²) in [6.07, 6.45) is 4.22. The molecule has 4 N–H and O–H groups in total. The number of halogens is 4. The maximum Gasteiger partial charge on any atom is 0.309 e. The molecule has 1 aromatic carbocycles. The van der Waals surface area contributed by atoms with Crippen molar-refractivity contribution in [3.05, 3.63) is 29.3 Å². The fourth-order valence-electron chi connectivity index (χ4n) is 5.08. The third-order valence-corrected chi connectivity index (χ3v) is 7.38. The molecule has 232 valence electrons. The summed E-state index contributed by atoms with van der Waals surface area (Å²) in [5, 5.41) is 10.0. The van der Waals surface area contributed by atoms with Crippen LogP contribution in [0.4, 0.5) is 17.6 Å². The number of carbonyl (C=O) groups is 5. The summed E-state index contributed by atoms with van der Waals surface area (Å²) in [4.78, 5) is 63.5. The summed E-state index contributed by atoms with van der Waals surface area (Å²) in [6.45, 7) is 3.11. The number of Topliss-reactive ketones (excluding diaryl/α,β-unsaturated/α-hetero) is 1. The molecule has 1 saturated heterocycles. The van der Waals surface area contributed by atoms with E-state index in [1.807, 2.05) is 0 Å². The highest BCUT2D eigenvalue weighted by atomic mass is 19.2. The molecule has 0 aromatic heterocycles. The van der Waals surface area contributed by atoms with Gasteiger partial charge < -0.3 is 26.0 Å². The van der Waals surface area contributed by atoms with Gasteiger partial charge in [-0.1, -0.05) is 26.7 Å². The van der Waals surface area contributed by atoms with Crippen molar-refractivity contribution >= 4 is 29.4 Å². The van der Waals surface area contributed by atoms with Crippen LogP contribution in [0.1, 0.15) is 58.8 Å². The van der Waals surface area contributed by atoms with Crippen molar-refractivity contribution in [2.75, 3.05) is 19.7 Å². The van der Waals surface area contributed by atoms with Gasteiger partial charge in [0.1, 0.15) is 12.6 Å². The van der Waals surface area contributed by atoms with Gasteiger partial charge in [-0.3, -0.25) is 24.0 Å². The number of ketones is 1. The van der Waals surface area contributed by atoms with Crippen molar-refractivity contribution in [1.29, 1.82) is 0 Å². The monoisotopic (exact) mass is 600 g/mol. The SMILES string of the molecule is CC(C)CC(NC(=O)C(=O)NCC1CCCC1)C(=O)N[C@@H](C[C@@H]1CCNC1=O)C(=O)COc1c(F)c(F)cc(F)c1F. The smallest absolute Gasteiger partial charge is 0.309 e. The van der Waals surface area contributed by atoms with Gasteiger partial charge in [0.05, 0.1) is 6.04 Å². The molecule has 1 aliphatic carbocycles. The number of ether oxygens (including phenoxy) is 1. The number of carbonyl (C=O) groups excluding carboxylic acids is 5. The third-order valence-electron chi connectivity index (χ3n) is 7.38. The Labute approximate surface area is 240 Å². The zero-order valence-electron chi connectivity index (χ0n) is 23.5. The first-order valence-corrected chi connectivity index (χ1v) is 14.0. The van der Waals surface area contributed by atoms with Crippen LogP contribution in [-0.4, -0.2) is 61.2 Å². The molecule has 1 unspecified atom stereocenters. The zero-order chi connectivity index (χ0) is 31.0. The molecule has 4 amide bonds. The Morgan fingerprint density at radius 3 is 2.17 bits per heavy atom. The Balaban J connectivity index is 1.71. The summed E-state index contributed by atoms with van der Waals surface area (Å²) in [6, 6.07) is -2.69. The topological polar surface area (TPSA) is 143 Å². The molecule has 10 nitrogen and oxygen atoms in total. The summed E-state index contributed by atoms with van der Waals surface area (Å²) in [5.74, 6) is -13.2. The number of nitrogens with one attached hydrogen (secondary N) is 4. The minimum Gasteiger partial charge on any atom is -0.479 e. The van der Waals surface area contributed by atoms with E-state index in [-0.39, 0.29) is 36.7 Å². The van der Waals surface area contributed by atoms with E-state index < -0.39 is 77.1 Å². The molecule has 2 aliphatic rings. The highest BCUT2D eigenvalue weighted by Crippen LogP contribution is 2.27. The van der Waals surface area contributed by atoms with E-state index in [4.69, 9.17) is 4.74 Å². The molecule has 0 radical (unpaired) electrons. The number of amides is 4. The van der Waals surface area contributed by atoms with Gasteiger partial charge in [0, 0.05) is 25.1 Å². The molecule has 3 atom stereocenters. The van der Waals surface area contributed by atoms with Gasteiger partial charge in [-0.25, -0.2) is 8.78 Å². The van der Waals surface area contributed by atoms with Crippen LogP contribution < -0.4 is 26.0 Å². The molecule has 0 bridgehead atoms. The summed E-state index contributed by atoms with van der Waals surface area (Å²) >= 11 is 0. The lowest BCUT2D eigenvalue weighted by molar-refractivity contribution is -0.141. The number of hydrogen-bond donors (Lipinski definition) is 4. The van der Waals surface area contributed by atoms with E-state index in [9.17, 15) is 41.5 Å². The second-order valence-electron chi connectivity index (χ2n) is 11.1. The molecule has 1 aromatic rings. The minimum atomic E-state index is -1.84. The van der Waals surface area contributed by atoms with Crippen molar-refractivity contribution < 1.29 is 46.3 Å². The Bertz CT molecular complexity index is 1170. The number of rotatable bonds is 13. The normalized spacial score (nSPS) is 18.4. The highest BCUT2D eigenvalue weighted by molar-refractivity contribution is 6.35. The quantitative estimate of drug-likeness (QED) is 0.155. The van der Waals surface area contributed by atoms with Crippen molar-refractivity contribution in [2.45, 2.75) is 70.9 Å². The highest BCUT2D eigenvalue weighted by Gasteiger charge is 2.34. The van der Waals surface area contributed by atoms with Gasteiger partial charge in [-0.05, 0) is 43.9 Å². The number of hydrogen-bond acceptors (Lipinski definition) is 6. The predicted octanol–water partition coefficient (Wildman–Crippen LogP) is 2.04. The van der Waals surface area contributed by atoms with E-state index in [1.54, 1.807) is 13.8 Å². The molecule has 1 saturated carbocycles. The summed E-state index contributed by atoms with van der Waals surface area (Å²) < 4.78 is 60.0. The lowest BCUT2D eigenvalue weighted by Crippen LogP contribution is -2.55. The Morgan fingerprint density at radius 1 is 0.952 bits per heavy atom. The van der Waals surface area contributed by atoms with Gasteiger partial charge in [0.15, 0.2) is 23.2 Å². The summed E-state index contributed by atoms with van der Waals surface area (Å²) in [5.41, 5.74) is 0. The van der Waals surface area contributed by atoms with Crippen LogP contribution >= 0.6 is 0 Å². The van der Waals surface area contributed by atoms with Crippen molar-refractivity contribution in [1.82, 2.24) is 21.3 Å². The van der Waals surface area contributed by atoms with Crippen LogP contribution in [0.3, 0.4) is 0 Å². The second kappa shape index (κ2) is 15.0. The van der Waals surface area contributed by atoms with Gasteiger partial charge >= 0.3 is 11.8 Å². The maximum atomic E-state index is 14.0. The van der Waals surface area contributed by atoms with Crippen LogP contribution in [0.5, 0.6) is 5.75 Å². The lowest BCUT2D eigenvalue weighted by atomic mass is 9.95. The van der Waals surface area contributed by atoms with Crippen LogP contribution in [0.2, 0.25) is 0 Å². The van der Waals surface area contributed by atoms with Crippen molar-refractivity contribution in [3.8, 4) is 5.75 Å². The van der Waals surface area contributed by atoms with E-state index in [0.717, 1.165) is 25.7 Å². The maximum absolute atomic E-state index is 14.0. The molecular formula is C28H36F4N4O6. The van der Waals surface area contributed by atoms with Gasteiger partial charge in [0.2, 0.25) is 23.4 Å². The van der Waals surface area contributed by atoms with E-state index >= 15 is 0 Å². The third kappa shape index (κ3) is 8.89. The Kier molecular flexibility index (Phi) is 11.7. The van der Waals surface area contributed by atoms with Crippen molar-refractivity contribution in [2.24, 2.45) is 17.8 Å². The Hall–Kier alpha value is -3.71. The fourth-order valence-corrected chi connectivity index (χ4v) is 5.08. The first-order valence-electron chi connectivity index (χ1n) is 14.0. The second-order valence-corrected chi connectivity index (χ2v) is 11.1. The molecule has 1 heterocycles. The van der Waals surface area contributed by atoms with Crippen molar-refractivity contribution in [3.63, 3.8) is 0 Å². The number of benzene rings is 1. The zero-order valence-corrected chi connectivity index (χ0v) is 23.5. The van der Waals surface area contributed by atoms with E-state index in [1.165, 1.54) is 0 Å². The Morgan fingerprint density at radius 2 is 1.60 bits per heavy atom. The first kappa shape index (κ1) is 32.8. The summed E-state index contributed by atoms with van der Waals surface area (Å²) in [7, 11) is 0. The van der Waals surface area contributed by atoms with Crippen LogP contribution in [0.15, 0.2) is 6.07 Å². The standard InChI is InChI=1S/C28H36F4N4O6/c1-14(2)9-20(36-28(41)27(40)34-12-15-5-3-4-6-15)26(39)35-19(10-16-7-8-33-25(16)38)21(37)13-42-24-22(31)17(29)11-18(30)23(24)32/h11,14-16,19-20H,3-10,12-13H2,1-2H3,(H,33,38)(H,34,40)(H,35,39)(H,36,41)/t16-,19-,20?/m0/s1. The molecule has 1 aliphatic heterocycles. The average Bonchev–Trinajstić information content (AvgIpc) is 3.61. The van der Waals surface area contributed by atoms with Crippen LogP contribution in [0, 0.1) is 41.0 Å².